The minimum absolute atomic E-state index is 0.0203. The van der Waals surface area contributed by atoms with Gasteiger partial charge in [0.2, 0.25) is 0 Å². The number of aromatic amines is 1. The fraction of sp³-hybridized carbons (Fsp3) is 0.250. The van der Waals surface area contributed by atoms with E-state index < -0.39 is 0 Å². The zero-order valence-electron chi connectivity index (χ0n) is 11.5. The van der Waals surface area contributed by atoms with Crippen LogP contribution in [0.15, 0.2) is 42.6 Å². The van der Waals surface area contributed by atoms with E-state index in [1.54, 1.807) is 0 Å². The molecule has 2 aromatic heterocycles. The largest absolute Gasteiger partial charge is 0.368 e. The molecule has 1 aliphatic rings. The number of nitrogens with zero attached hydrogens (tertiary/aromatic N) is 2. The van der Waals surface area contributed by atoms with E-state index in [1.165, 1.54) is 0 Å². The van der Waals surface area contributed by atoms with Crippen molar-refractivity contribution in [1.29, 1.82) is 0 Å². The molecule has 21 heavy (non-hydrogen) atoms. The monoisotopic (exact) mass is 280 g/mol. The molecule has 1 fully saturated rings. The fourth-order valence-electron chi connectivity index (χ4n) is 2.60. The lowest BCUT2D eigenvalue weighted by Gasteiger charge is -2.21. The van der Waals surface area contributed by atoms with E-state index in [1.807, 2.05) is 24.4 Å². The van der Waals surface area contributed by atoms with Crippen molar-refractivity contribution >= 4 is 11.2 Å². The first-order chi connectivity index (χ1) is 10.4. The molecule has 1 aliphatic heterocycles. The molecule has 1 atom stereocenters. The molecule has 0 amide bonds. The third-order valence-electron chi connectivity index (χ3n) is 3.70. The minimum Gasteiger partial charge on any atom is -0.368 e. The van der Waals surface area contributed by atoms with Crippen molar-refractivity contribution in [2.45, 2.75) is 6.10 Å². The number of fused-ring (bicyclic) bond motifs is 1. The van der Waals surface area contributed by atoms with Crippen LogP contribution in [0, 0.1) is 0 Å². The van der Waals surface area contributed by atoms with Gasteiger partial charge in [-0.2, -0.15) is 0 Å². The summed E-state index contributed by atoms with van der Waals surface area (Å²) in [4.78, 5) is 12.3. The first kappa shape index (κ1) is 12.5. The summed E-state index contributed by atoms with van der Waals surface area (Å²) in [6, 6.07) is 12.3. The van der Waals surface area contributed by atoms with Crippen LogP contribution in [-0.2, 0) is 4.74 Å². The number of morpholine rings is 1. The van der Waals surface area contributed by atoms with Gasteiger partial charge in [-0.25, -0.2) is 9.97 Å². The molecule has 2 N–H and O–H groups in total. The van der Waals surface area contributed by atoms with Crippen molar-refractivity contribution in [3.05, 3.63) is 48.4 Å². The van der Waals surface area contributed by atoms with E-state index in [4.69, 9.17) is 4.74 Å². The Kier molecular flexibility index (Phi) is 3.14. The summed E-state index contributed by atoms with van der Waals surface area (Å²) >= 11 is 0. The Balaban J connectivity index is 1.71. The summed E-state index contributed by atoms with van der Waals surface area (Å²) < 4.78 is 5.72. The van der Waals surface area contributed by atoms with Crippen molar-refractivity contribution in [1.82, 2.24) is 20.3 Å². The quantitative estimate of drug-likeness (QED) is 0.756. The van der Waals surface area contributed by atoms with Gasteiger partial charge in [0.15, 0.2) is 5.65 Å². The number of aromatic nitrogens is 3. The molecular formula is C16H16N4O. The Morgan fingerprint density at radius 1 is 1.14 bits per heavy atom. The maximum absolute atomic E-state index is 5.72. The number of hydrogen-bond donors (Lipinski definition) is 2. The second kappa shape index (κ2) is 5.27. The number of imidazole rings is 1. The predicted octanol–water partition coefficient (Wildman–Crippen LogP) is 2.29. The molecule has 0 radical (unpaired) electrons. The number of pyridine rings is 1. The highest BCUT2D eigenvalue weighted by molar-refractivity contribution is 5.78. The van der Waals surface area contributed by atoms with Crippen molar-refractivity contribution in [3.8, 4) is 11.1 Å². The zero-order chi connectivity index (χ0) is 14.1. The lowest BCUT2D eigenvalue weighted by atomic mass is 10.1. The van der Waals surface area contributed by atoms with Crippen LogP contribution in [-0.4, -0.2) is 34.6 Å². The van der Waals surface area contributed by atoms with Gasteiger partial charge in [0.05, 0.1) is 12.1 Å². The second-order valence-electron chi connectivity index (χ2n) is 5.15. The average Bonchev–Trinajstić information content (AvgIpc) is 2.99. The average molecular weight is 280 g/mol. The highest BCUT2D eigenvalue weighted by Gasteiger charge is 2.19. The van der Waals surface area contributed by atoms with Crippen LogP contribution in [0.5, 0.6) is 0 Å². The number of nitrogens with one attached hydrogen (secondary N) is 2. The lowest BCUT2D eigenvalue weighted by molar-refractivity contribution is 0.0228. The van der Waals surface area contributed by atoms with Gasteiger partial charge in [-0.3, -0.25) is 0 Å². The second-order valence-corrected chi connectivity index (χ2v) is 5.15. The Morgan fingerprint density at radius 2 is 2.05 bits per heavy atom. The van der Waals surface area contributed by atoms with Gasteiger partial charge in [0.25, 0.3) is 0 Å². The highest BCUT2D eigenvalue weighted by Crippen LogP contribution is 2.23. The Bertz CT molecular complexity index is 747. The first-order valence-corrected chi connectivity index (χ1v) is 7.13. The maximum atomic E-state index is 5.72. The van der Waals surface area contributed by atoms with Crippen molar-refractivity contribution in [2.24, 2.45) is 0 Å². The SMILES string of the molecule is c1ccc(-c2cnc3nc(C4CNCCO4)[nH]c3c2)cc1. The van der Waals surface area contributed by atoms with Gasteiger partial charge in [-0.15, -0.1) is 0 Å². The van der Waals surface area contributed by atoms with Gasteiger partial charge in [0, 0.05) is 24.8 Å². The molecule has 5 heteroatoms. The third kappa shape index (κ3) is 2.41. The van der Waals surface area contributed by atoms with Crippen LogP contribution in [0.3, 0.4) is 0 Å². The summed E-state index contributed by atoms with van der Waals surface area (Å²) in [5, 5.41) is 3.31. The minimum atomic E-state index is -0.0203. The van der Waals surface area contributed by atoms with Crippen molar-refractivity contribution < 1.29 is 4.74 Å². The molecule has 1 unspecified atom stereocenters. The third-order valence-corrected chi connectivity index (χ3v) is 3.70. The number of H-pyrrole nitrogens is 1. The molecule has 0 aliphatic carbocycles. The van der Waals surface area contributed by atoms with Gasteiger partial charge in [-0.05, 0) is 11.6 Å². The zero-order valence-corrected chi connectivity index (χ0v) is 11.5. The molecular weight excluding hydrogens is 264 g/mol. The molecule has 0 spiro atoms. The van der Waals surface area contributed by atoms with Gasteiger partial charge < -0.3 is 15.0 Å². The van der Waals surface area contributed by atoms with E-state index in [9.17, 15) is 0 Å². The first-order valence-electron chi connectivity index (χ1n) is 7.13. The summed E-state index contributed by atoms with van der Waals surface area (Å²) in [6.45, 7) is 2.39. The smallest absolute Gasteiger partial charge is 0.177 e. The molecule has 1 aromatic carbocycles. The maximum Gasteiger partial charge on any atom is 0.177 e. The van der Waals surface area contributed by atoms with Gasteiger partial charge in [0.1, 0.15) is 11.9 Å². The molecule has 3 heterocycles. The van der Waals surface area contributed by atoms with E-state index in [2.05, 4.69) is 38.5 Å². The molecule has 5 nitrogen and oxygen atoms in total. The molecule has 106 valence electrons. The fourth-order valence-corrected chi connectivity index (χ4v) is 2.60. The van der Waals surface area contributed by atoms with Crippen LogP contribution >= 0.6 is 0 Å². The Labute approximate surface area is 122 Å². The molecule has 0 bridgehead atoms. The van der Waals surface area contributed by atoms with Crippen LogP contribution in [0.1, 0.15) is 11.9 Å². The molecule has 1 saturated heterocycles. The van der Waals surface area contributed by atoms with Gasteiger partial charge >= 0.3 is 0 Å². The van der Waals surface area contributed by atoms with Crippen LogP contribution < -0.4 is 5.32 Å². The van der Waals surface area contributed by atoms with Crippen LogP contribution in [0.4, 0.5) is 0 Å². The summed E-state index contributed by atoms with van der Waals surface area (Å²) in [5.41, 5.74) is 3.92. The lowest BCUT2D eigenvalue weighted by Crippen LogP contribution is -2.33. The Hall–Kier alpha value is -2.24. The predicted molar refractivity (Wildman–Crippen MR) is 80.9 cm³/mol. The summed E-state index contributed by atoms with van der Waals surface area (Å²) in [6.07, 6.45) is 1.84. The van der Waals surface area contributed by atoms with E-state index >= 15 is 0 Å². The summed E-state index contributed by atoms with van der Waals surface area (Å²) in [5.74, 6) is 0.843. The van der Waals surface area contributed by atoms with E-state index in [0.29, 0.717) is 6.61 Å². The van der Waals surface area contributed by atoms with Crippen molar-refractivity contribution in [3.63, 3.8) is 0 Å². The van der Waals surface area contributed by atoms with Crippen molar-refractivity contribution in [2.75, 3.05) is 19.7 Å². The molecule has 4 rings (SSSR count). The topological polar surface area (TPSA) is 62.8 Å². The number of ether oxygens (including phenoxy) is 1. The molecule has 3 aromatic rings. The van der Waals surface area contributed by atoms with Crippen LogP contribution in [0.25, 0.3) is 22.3 Å². The normalized spacial score (nSPS) is 19.0. The number of rotatable bonds is 2. The summed E-state index contributed by atoms with van der Waals surface area (Å²) in [7, 11) is 0. The number of benzene rings is 1. The number of hydrogen-bond acceptors (Lipinski definition) is 4. The van der Waals surface area contributed by atoms with E-state index in [-0.39, 0.29) is 6.10 Å². The van der Waals surface area contributed by atoms with Crippen LogP contribution in [0.2, 0.25) is 0 Å². The Morgan fingerprint density at radius 3 is 2.86 bits per heavy atom. The highest BCUT2D eigenvalue weighted by atomic mass is 16.5. The molecule has 0 saturated carbocycles. The standard InChI is InChI=1S/C16H16N4O/c1-2-4-11(5-3-1)12-8-13-15(18-9-12)20-16(19-13)14-10-17-6-7-21-14/h1-5,8-9,14,17H,6-7,10H2,(H,18,19,20). The van der Waals surface area contributed by atoms with Gasteiger partial charge in [-0.1, -0.05) is 30.3 Å². The van der Waals surface area contributed by atoms with E-state index in [0.717, 1.165) is 41.2 Å².